The summed E-state index contributed by atoms with van der Waals surface area (Å²) in [5.41, 5.74) is -1.67. The molecular formula is C18H19F4N5O3S2. The van der Waals surface area contributed by atoms with Crippen LogP contribution in [0.3, 0.4) is 0 Å². The molecular weight excluding hydrogens is 474 g/mol. The molecule has 0 aliphatic carbocycles. The number of benzene rings is 1. The summed E-state index contributed by atoms with van der Waals surface area (Å²) in [6.45, 7) is 0.930. The number of sulfonamides is 1. The number of nitrogens with one attached hydrogen (secondary N) is 3. The van der Waals surface area contributed by atoms with E-state index in [2.05, 4.69) is 15.3 Å². The molecule has 2 aromatic rings. The Bertz CT molecular complexity index is 1130. The lowest BCUT2D eigenvalue weighted by Gasteiger charge is -2.15. The molecule has 1 aliphatic rings. The summed E-state index contributed by atoms with van der Waals surface area (Å²) in [4.78, 5) is 21.3. The van der Waals surface area contributed by atoms with Crippen molar-refractivity contribution >= 4 is 44.9 Å². The maximum atomic E-state index is 14.8. The van der Waals surface area contributed by atoms with Crippen LogP contribution in [0, 0.1) is 17.5 Å². The average molecular weight is 494 g/mol. The lowest BCUT2D eigenvalue weighted by atomic mass is 10.1. The lowest BCUT2D eigenvalue weighted by molar-refractivity contribution is -0.117. The fourth-order valence-corrected chi connectivity index (χ4v) is 5.37. The van der Waals surface area contributed by atoms with Gasteiger partial charge >= 0.3 is 0 Å². The molecule has 0 spiro atoms. The van der Waals surface area contributed by atoms with Crippen molar-refractivity contribution in [2.75, 3.05) is 40.1 Å². The van der Waals surface area contributed by atoms with Gasteiger partial charge in [-0.1, -0.05) is 6.92 Å². The molecule has 14 heteroatoms. The number of amides is 1. The minimum atomic E-state index is -4.00. The fourth-order valence-electron chi connectivity index (χ4n) is 3.00. The highest BCUT2D eigenvalue weighted by Gasteiger charge is 2.34. The van der Waals surface area contributed by atoms with E-state index in [0.717, 1.165) is 6.33 Å². The second-order valence-electron chi connectivity index (χ2n) is 6.74. The topological polar surface area (TPSA) is 113 Å². The van der Waals surface area contributed by atoms with Gasteiger partial charge in [-0.25, -0.2) is 35.9 Å². The molecule has 1 unspecified atom stereocenters. The Labute approximate surface area is 185 Å². The zero-order valence-corrected chi connectivity index (χ0v) is 18.3. The molecule has 0 saturated carbocycles. The largest absolute Gasteiger partial charge is 0.366 e. The maximum absolute atomic E-state index is 14.8. The van der Waals surface area contributed by atoms with E-state index in [0.29, 0.717) is 16.8 Å². The van der Waals surface area contributed by atoms with Crippen LogP contribution in [0.15, 0.2) is 17.3 Å². The zero-order chi connectivity index (χ0) is 23.5. The first-order valence-electron chi connectivity index (χ1n) is 9.44. The number of halogens is 4. The number of fused-ring (bicyclic) bond motifs is 1. The fraction of sp³-hybridized carbons (Fsp3) is 0.389. The first-order valence-corrected chi connectivity index (χ1v) is 12.1. The Balaban J connectivity index is 1.88. The van der Waals surface area contributed by atoms with Gasteiger partial charge in [0, 0.05) is 18.4 Å². The molecule has 2 heterocycles. The molecule has 0 radical (unpaired) electrons. The van der Waals surface area contributed by atoms with E-state index in [1.807, 2.05) is 10.0 Å². The lowest BCUT2D eigenvalue weighted by Crippen LogP contribution is -2.24. The second kappa shape index (κ2) is 9.90. The van der Waals surface area contributed by atoms with Crippen molar-refractivity contribution in [3.63, 3.8) is 0 Å². The molecule has 32 heavy (non-hydrogen) atoms. The SMILES string of the molecule is CCCS(=O)(=O)Nc1cc(F)c(F)c(NC(=O)C2CSc3c(NCCF)ncnc32)c1F. The van der Waals surface area contributed by atoms with E-state index in [9.17, 15) is 30.8 Å². The predicted molar refractivity (Wildman–Crippen MR) is 113 cm³/mol. The van der Waals surface area contributed by atoms with Gasteiger partial charge in [0.25, 0.3) is 0 Å². The highest BCUT2D eigenvalue weighted by atomic mass is 32.2. The van der Waals surface area contributed by atoms with Crippen LogP contribution in [0.4, 0.5) is 34.8 Å². The summed E-state index contributed by atoms with van der Waals surface area (Å²) in [6, 6.07) is 0.365. The molecule has 1 aliphatic heterocycles. The summed E-state index contributed by atoms with van der Waals surface area (Å²) in [5, 5.41) is 4.76. The molecule has 1 atom stereocenters. The molecule has 1 aromatic carbocycles. The van der Waals surface area contributed by atoms with Gasteiger partial charge in [-0.2, -0.15) is 0 Å². The number of aromatic nitrogens is 2. The summed E-state index contributed by atoms with van der Waals surface area (Å²) in [5.74, 6) is -6.39. The van der Waals surface area contributed by atoms with Crippen LogP contribution in [0.1, 0.15) is 25.0 Å². The molecule has 3 rings (SSSR count). The number of alkyl halides is 1. The van der Waals surface area contributed by atoms with Gasteiger partial charge in [-0.15, -0.1) is 11.8 Å². The van der Waals surface area contributed by atoms with E-state index in [1.54, 1.807) is 6.92 Å². The average Bonchev–Trinajstić information content (AvgIpc) is 3.18. The first kappa shape index (κ1) is 24.0. The van der Waals surface area contributed by atoms with Gasteiger partial charge in [0.2, 0.25) is 15.9 Å². The van der Waals surface area contributed by atoms with Crippen LogP contribution in [0.2, 0.25) is 0 Å². The number of carbonyl (C=O) groups is 1. The quantitative estimate of drug-likeness (QED) is 0.363. The van der Waals surface area contributed by atoms with Gasteiger partial charge < -0.3 is 10.6 Å². The third-order valence-corrected chi connectivity index (χ3v) is 7.07. The van der Waals surface area contributed by atoms with Crippen molar-refractivity contribution in [3.05, 3.63) is 35.5 Å². The van der Waals surface area contributed by atoms with Gasteiger partial charge in [-0.3, -0.25) is 9.52 Å². The number of thioether (sulfide) groups is 1. The Morgan fingerprint density at radius 3 is 2.69 bits per heavy atom. The standard InChI is InChI=1S/C18H19F4N5O3S2/c1-2-5-32(29,30)27-11-6-10(20)12(21)15(13(11)22)26-18(28)9-7-31-16-14(9)24-8-25-17(16)23-4-3-19/h6,8-9,27H,2-5,7H2,1H3,(H,26,28)(H,23,24,25). The maximum Gasteiger partial charge on any atom is 0.234 e. The third-order valence-electron chi connectivity index (χ3n) is 4.40. The summed E-state index contributed by atoms with van der Waals surface area (Å²) in [7, 11) is -4.00. The van der Waals surface area contributed by atoms with E-state index >= 15 is 0 Å². The molecule has 8 nitrogen and oxygen atoms in total. The minimum absolute atomic E-state index is 0.00267. The van der Waals surface area contributed by atoms with Crippen molar-refractivity contribution in [2.24, 2.45) is 0 Å². The van der Waals surface area contributed by atoms with Gasteiger partial charge in [-0.05, 0) is 6.42 Å². The molecule has 0 fully saturated rings. The van der Waals surface area contributed by atoms with Crippen LogP contribution in [0.5, 0.6) is 0 Å². The first-order chi connectivity index (χ1) is 15.2. The summed E-state index contributed by atoms with van der Waals surface area (Å²) < 4.78 is 81.2. The summed E-state index contributed by atoms with van der Waals surface area (Å²) in [6.07, 6.45) is 1.38. The van der Waals surface area contributed by atoms with Gasteiger partial charge in [0.15, 0.2) is 17.5 Å². The Kier molecular flexibility index (Phi) is 7.44. The molecule has 174 valence electrons. The Morgan fingerprint density at radius 2 is 2.00 bits per heavy atom. The van der Waals surface area contributed by atoms with Crippen molar-refractivity contribution in [1.29, 1.82) is 0 Å². The van der Waals surface area contributed by atoms with Crippen LogP contribution >= 0.6 is 11.8 Å². The van der Waals surface area contributed by atoms with Crippen molar-refractivity contribution < 1.29 is 30.8 Å². The molecule has 0 bridgehead atoms. The highest BCUT2D eigenvalue weighted by Crippen LogP contribution is 2.42. The smallest absolute Gasteiger partial charge is 0.234 e. The normalized spacial score (nSPS) is 15.3. The number of hydrogen-bond donors (Lipinski definition) is 3. The van der Waals surface area contributed by atoms with Crippen LogP contribution in [-0.2, 0) is 14.8 Å². The molecule has 3 N–H and O–H groups in total. The third kappa shape index (κ3) is 5.06. The van der Waals surface area contributed by atoms with Crippen molar-refractivity contribution in [2.45, 2.75) is 24.2 Å². The van der Waals surface area contributed by atoms with E-state index in [1.165, 1.54) is 11.8 Å². The molecule has 1 aromatic heterocycles. The van der Waals surface area contributed by atoms with Crippen molar-refractivity contribution in [1.82, 2.24) is 9.97 Å². The number of hydrogen-bond acceptors (Lipinski definition) is 7. The van der Waals surface area contributed by atoms with Crippen molar-refractivity contribution in [3.8, 4) is 0 Å². The number of rotatable bonds is 9. The van der Waals surface area contributed by atoms with Gasteiger partial charge in [0.05, 0.1) is 27.9 Å². The van der Waals surface area contributed by atoms with Crippen LogP contribution in [0.25, 0.3) is 0 Å². The minimum Gasteiger partial charge on any atom is -0.366 e. The van der Waals surface area contributed by atoms with E-state index in [4.69, 9.17) is 0 Å². The van der Waals surface area contributed by atoms with E-state index < -0.39 is 57.3 Å². The van der Waals surface area contributed by atoms with E-state index in [-0.39, 0.29) is 30.2 Å². The summed E-state index contributed by atoms with van der Waals surface area (Å²) >= 11 is 1.20. The number of anilines is 3. The van der Waals surface area contributed by atoms with Crippen LogP contribution in [-0.4, -0.2) is 49.0 Å². The predicted octanol–water partition coefficient (Wildman–Crippen LogP) is 3.26. The monoisotopic (exact) mass is 493 g/mol. The number of nitrogens with zero attached hydrogens (tertiary/aromatic N) is 2. The van der Waals surface area contributed by atoms with Crippen LogP contribution < -0.4 is 15.4 Å². The molecule has 0 saturated heterocycles. The molecule has 1 amide bonds. The second-order valence-corrected chi connectivity index (χ2v) is 9.61. The Morgan fingerprint density at radius 1 is 1.25 bits per heavy atom. The highest BCUT2D eigenvalue weighted by molar-refractivity contribution is 7.99. The zero-order valence-electron chi connectivity index (χ0n) is 16.7. The Hall–Kier alpha value is -2.61. The number of carbonyl (C=O) groups excluding carboxylic acids is 1. The van der Waals surface area contributed by atoms with Gasteiger partial charge in [0.1, 0.15) is 24.5 Å².